The fourth-order valence-corrected chi connectivity index (χ4v) is 4.20. The molecule has 0 aliphatic rings. The van der Waals surface area contributed by atoms with E-state index in [-0.39, 0.29) is 21.7 Å². The molecule has 0 N–H and O–H groups in total. The van der Waals surface area contributed by atoms with E-state index >= 15 is 0 Å². The van der Waals surface area contributed by atoms with Crippen LogP contribution in [0.2, 0.25) is 0 Å². The van der Waals surface area contributed by atoms with Gasteiger partial charge in [0.15, 0.2) is 0 Å². The van der Waals surface area contributed by atoms with Gasteiger partial charge >= 0.3 is 0 Å². The third kappa shape index (κ3) is 6.38. The van der Waals surface area contributed by atoms with Crippen molar-refractivity contribution in [1.82, 2.24) is 0 Å². The smallest absolute Gasteiger partial charge is 0.0128 e. The number of hydrogen-bond acceptors (Lipinski definition) is 1. The van der Waals surface area contributed by atoms with Gasteiger partial charge in [-0.2, -0.15) is 0 Å². The lowest BCUT2D eigenvalue weighted by molar-refractivity contribution is 0.565. The Hall–Kier alpha value is -1.21. The predicted octanol–water partition coefficient (Wildman–Crippen LogP) is 9.03. The van der Waals surface area contributed by atoms with Crippen molar-refractivity contribution in [2.45, 2.75) is 115 Å². The van der Waals surface area contributed by atoms with E-state index in [1.807, 2.05) is 11.8 Å². The summed E-state index contributed by atoms with van der Waals surface area (Å²) in [5.41, 5.74) is 6.21. The molecule has 0 aliphatic heterocycles. The molecule has 0 aromatic heterocycles. The molecule has 29 heavy (non-hydrogen) atoms. The quantitative estimate of drug-likeness (QED) is 0.476. The minimum atomic E-state index is 0.139. The third-order valence-electron chi connectivity index (χ3n) is 5.51. The van der Waals surface area contributed by atoms with E-state index in [0.29, 0.717) is 0 Å². The van der Waals surface area contributed by atoms with Crippen LogP contribution in [0.4, 0.5) is 0 Å². The standard InChI is InChI=1S/C28H42S/c1-25(2,3)19-13-20(26(4,5)6)16-23(15-19)29-24-17-21(27(7,8)9)14-22(18-24)28(10,11)12/h13-18H,1-12H3. The van der Waals surface area contributed by atoms with Gasteiger partial charge in [-0.15, -0.1) is 0 Å². The van der Waals surface area contributed by atoms with Crippen LogP contribution in [-0.2, 0) is 21.7 Å². The molecular weight excluding hydrogens is 368 g/mol. The first-order chi connectivity index (χ1) is 12.9. The Morgan fingerprint density at radius 1 is 0.379 bits per heavy atom. The zero-order valence-electron chi connectivity index (χ0n) is 20.9. The molecule has 0 aliphatic carbocycles. The van der Waals surface area contributed by atoms with E-state index < -0.39 is 0 Å². The summed E-state index contributed by atoms with van der Waals surface area (Å²) < 4.78 is 0. The second kappa shape index (κ2) is 7.80. The third-order valence-corrected chi connectivity index (χ3v) is 6.46. The second-order valence-electron chi connectivity index (χ2n) is 12.6. The highest BCUT2D eigenvalue weighted by atomic mass is 32.2. The first-order valence-corrected chi connectivity index (χ1v) is 11.7. The fraction of sp³-hybridized carbons (Fsp3) is 0.571. The maximum atomic E-state index is 2.40. The molecule has 160 valence electrons. The van der Waals surface area contributed by atoms with Gasteiger partial charge in [0.25, 0.3) is 0 Å². The van der Waals surface area contributed by atoms with Gasteiger partial charge in [-0.1, -0.05) is 107 Å². The van der Waals surface area contributed by atoms with Crippen molar-refractivity contribution in [2.75, 3.05) is 0 Å². The molecule has 0 amide bonds. The van der Waals surface area contributed by atoms with Gasteiger partial charge in [-0.3, -0.25) is 0 Å². The van der Waals surface area contributed by atoms with Crippen LogP contribution in [0.25, 0.3) is 0 Å². The molecule has 0 atom stereocenters. The van der Waals surface area contributed by atoms with E-state index in [1.165, 1.54) is 32.0 Å². The summed E-state index contributed by atoms with van der Waals surface area (Å²) in [4.78, 5) is 2.68. The summed E-state index contributed by atoms with van der Waals surface area (Å²) >= 11 is 1.91. The van der Waals surface area contributed by atoms with Gasteiger partial charge < -0.3 is 0 Å². The van der Waals surface area contributed by atoms with Gasteiger partial charge in [0, 0.05) is 9.79 Å². The molecule has 0 nitrogen and oxygen atoms in total. The Bertz CT molecular complexity index is 721. The van der Waals surface area contributed by atoms with Gasteiger partial charge in [0.1, 0.15) is 0 Å². The molecule has 0 unspecified atom stereocenters. The van der Waals surface area contributed by atoms with Crippen LogP contribution in [0.3, 0.4) is 0 Å². The van der Waals surface area contributed by atoms with E-state index in [0.717, 1.165) is 0 Å². The second-order valence-corrected chi connectivity index (χ2v) is 13.7. The SMILES string of the molecule is CC(C)(C)c1cc(Sc2cc(C(C)(C)C)cc(C(C)(C)C)c2)cc(C(C)(C)C)c1. The summed E-state index contributed by atoms with van der Waals surface area (Å²) in [6, 6.07) is 14.4. The number of hydrogen-bond donors (Lipinski definition) is 0. The average molecular weight is 411 g/mol. The molecule has 0 heterocycles. The van der Waals surface area contributed by atoms with E-state index in [1.54, 1.807) is 0 Å². The Kier molecular flexibility index (Phi) is 6.47. The molecule has 0 spiro atoms. The normalized spacial score (nSPS) is 13.7. The first-order valence-electron chi connectivity index (χ1n) is 10.9. The molecule has 1 heteroatoms. The zero-order chi connectivity index (χ0) is 22.4. The van der Waals surface area contributed by atoms with E-state index in [4.69, 9.17) is 0 Å². The van der Waals surface area contributed by atoms with Crippen molar-refractivity contribution in [3.05, 3.63) is 58.7 Å². The van der Waals surface area contributed by atoms with E-state index in [9.17, 15) is 0 Å². The van der Waals surface area contributed by atoms with Crippen molar-refractivity contribution in [2.24, 2.45) is 0 Å². The Labute approximate surface area is 184 Å². The molecule has 2 aromatic carbocycles. The van der Waals surface area contributed by atoms with Gasteiger partial charge in [-0.05, 0) is 68.2 Å². The topological polar surface area (TPSA) is 0 Å². The largest absolute Gasteiger partial charge is 0.0901 e. The van der Waals surface area contributed by atoms with Crippen molar-refractivity contribution in [3.63, 3.8) is 0 Å². The van der Waals surface area contributed by atoms with Crippen LogP contribution in [0, 0.1) is 0 Å². The predicted molar refractivity (Wildman–Crippen MR) is 132 cm³/mol. The van der Waals surface area contributed by atoms with Crippen LogP contribution in [0.5, 0.6) is 0 Å². The lowest BCUT2D eigenvalue weighted by atomic mass is 9.81. The van der Waals surface area contributed by atoms with Crippen molar-refractivity contribution < 1.29 is 0 Å². The maximum absolute atomic E-state index is 2.40. The molecule has 0 radical (unpaired) electrons. The van der Waals surface area contributed by atoms with Gasteiger partial charge in [0.2, 0.25) is 0 Å². The van der Waals surface area contributed by atoms with Crippen molar-refractivity contribution in [1.29, 1.82) is 0 Å². The summed E-state index contributed by atoms with van der Waals surface area (Å²) in [6.07, 6.45) is 0. The van der Waals surface area contributed by atoms with Crippen molar-refractivity contribution in [3.8, 4) is 0 Å². The molecule has 2 rings (SSSR count). The van der Waals surface area contributed by atoms with Crippen LogP contribution in [0.15, 0.2) is 46.2 Å². The Morgan fingerprint density at radius 3 is 0.759 bits per heavy atom. The molecule has 2 aromatic rings. The van der Waals surface area contributed by atoms with Gasteiger partial charge in [-0.25, -0.2) is 0 Å². The Balaban J connectivity index is 2.61. The summed E-state index contributed by atoms with van der Waals surface area (Å²) in [5.74, 6) is 0. The summed E-state index contributed by atoms with van der Waals surface area (Å²) in [6.45, 7) is 27.7. The minimum Gasteiger partial charge on any atom is -0.0901 e. The van der Waals surface area contributed by atoms with Crippen LogP contribution in [-0.4, -0.2) is 0 Å². The first kappa shape index (κ1) is 24.1. The number of benzene rings is 2. The Morgan fingerprint density at radius 2 is 0.586 bits per heavy atom. The molecule has 0 saturated heterocycles. The molecular formula is C28H42S. The van der Waals surface area contributed by atoms with Crippen LogP contribution >= 0.6 is 11.8 Å². The highest BCUT2D eigenvalue weighted by molar-refractivity contribution is 7.99. The van der Waals surface area contributed by atoms with Crippen LogP contribution in [0.1, 0.15) is 105 Å². The molecule has 0 saturated carbocycles. The summed E-state index contributed by atoms with van der Waals surface area (Å²) in [5, 5.41) is 0. The molecule has 0 bridgehead atoms. The number of rotatable bonds is 2. The lowest BCUT2D eigenvalue weighted by Gasteiger charge is -2.27. The van der Waals surface area contributed by atoms with E-state index in [2.05, 4.69) is 119 Å². The monoisotopic (exact) mass is 410 g/mol. The summed E-state index contributed by atoms with van der Waals surface area (Å²) in [7, 11) is 0. The van der Waals surface area contributed by atoms with Gasteiger partial charge in [0.05, 0.1) is 0 Å². The fourth-order valence-electron chi connectivity index (χ4n) is 3.18. The van der Waals surface area contributed by atoms with Crippen LogP contribution < -0.4 is 0 Å². The average Bonchev–Trinajstić information content (AvgIpc) is 2.51. The highest BCUT2D eigenvalue weighted by Crippen LogP contribution is 2.39. The highest BCUT2D eigenvalue weighted by Gasteiger charge is 2.23. The molecule has 0 fully saturated rings. The zero-order valence-corrected chi connectivity index (χ0v) is 21.7. The minimum absolute atomic E-state index is 0.139. The lowest BCUT2D eigenvalue weighted by Crippen LogP contribution is -2.17. The van der Waals surface area contributed by atoms with Crippen molar-refractivity contribution >= 4 is 11.8 Å². The maximum Gasteiger partial charge on any atom is 0.0128 e.